The quantitative estimate of drug-likeness (QED) is 0.0599. The lowest BCUT2D eigenvalue weighted by molar-refractivity contribution is 0.0941. The smallest absolute Gasteiger partial charge is 0.304 e. The molecule has 0 saturated carbocycles. The topological polar surface area (TPSA) is 232 Å². The van der Waals surface area contributed by atoms with Gasteiger partial charge in [-0.1, -0.05) is 46.4 Å². The van der Waals surface area contributed by atoms with Crippen molar-refractivity contribution in [1.29, 1.82) is 0 Å². The number of nitrogens with one attached hydrogen (secondary N) is 2. The molecular formula is C35H27Cl4N7O10S4. The van der Waals surface area contributed by atoms with Crippen molar-refractivity contribution in [1.82, 2.24) is 35.1 Å². The van der Waals surface area contributed by atoms with E-state index in [1.165, 1.54) is 33.6 Å². The van der Waals surface area contributed by atoms with Crippen molar-refractivity contribution >= 4 is 144 Å². The third-order valence-corrected chi connectivity index (χ3v) is 15.0. The Morgan fingerprint density at radius 1 is 0.700 bits per heavy atom. The summed E-state index contributed by atoms with van der Waals surface area (Å²) >= 11 is 26.7. The number of hydrogen-bond acceptors (Lipinski definition) is 13. The molecular weight excluding hydrogens is 949 g/mol. The van der Waals surface area contributed by atoms with E-state index in [4.69, 9.17) is 55.2 Å². The van der Waals surface area contributed by atoms with Gasteiger partial charge in [-0.05, 0) is 69.4 Å². The summed E-state index contributed by atoms with van der Waals surface area (Å²) in [6.07, 6.45) is 1.09. The second-order valence-corrected chi connectivity index (χ2v) is 20.4. The first-order chi connectivity index (χ1) is 28.4. The third-order valence-electron chi connectivity index (χ3n) is 9.11. The molecule has 0 fully saturated rings. The normalized spacial score (nSPS) is 12.5. The fraction of sp³-hybridized carbons (Fsp3) is 0.200. The van der Waals surface area contributed by atoms with Gasteiger partial charge in [-0.15, -0.1) is 22.7 Å². The molecule has 4 N–H and O–H groups in total. The Kier molecular flexibility index (Phi) is 11.5. The molecule has 0 aliphatic carbocycles. The van der Waals surface area contributed by atoms with E-state index in [9.17, 15) is 35.5 Å². The van der Waals surface area contributed by atoms with E-state index in [1.807, 2.05) is 11.9 Å². The van der Waals surface area contributed by atoms with Crippen molar-refractivity contribution in [3.05, 3.63) is 80.0 Å². The monoisotopic (exact) mass is 973 g/mol. The minimum atomic E-state index is -4.52. The zero-order valence-corrected chi connectivity index (χ0v) is 36.7. The molecule has 2 aromatic carbocycles. The molecule has 314 valence electrons. The largest absolute Gasteiger partial charge is 0.451 e. The SMILES string of the molecule is CN(CCCNC(=O)c1nn(-c2ccc(Cl)cc2Cl)c2c1oc1cc(S(=O)(=O)O)sc12)CCCNC(=O)c1nn(-c2ccc(Cl)cc2Cl)c2c1oc1cc(S(=O)(=O)O)sc12. The molecule has 0 unspecified atom stereocenters. The predicted octanol–water partition coefficient (Wildman–Crippen LogP) is 7.96. The number of halogens is 4. The van der Waals surface area contributed by atoms with Gasteiger partial charge in [0.15, 0.2) is 31.0 Å². The average Bonchev–Trinajstić information content (AvgIpc) is 4.00. The summed E-state index contributed by atoms with van der Waals surface area (Å²) in [5.41, 5.74) is 1.62. The lowest BCUT2D eigenvalue weighted by Gasteiger charge is -2.16. The average molecular weight is 976 g/mol. The van der Waals surface area contributed by atoms with E-state index >= 15 is 0 Å². The van der Waals surface area contributed by atoms with Gasteiger partial charge in [0.1, 0.15) is 31.6 Å². The fourth-order valence-electron chi connectivity index (χ4n) is 6.39. The van der Waals surface area contributed by atoms with Crippen LogP contribution >= 0.6 is 69.1 Å². The van der Waals surface area contributed by atoms with E-state index in [2.05, 4.69) is 20.8 Å². The molecule has 2 amide bonds. The summed E-state index contributed by atoms with van der Waals surface area (Å²) in [4.78, 5) is 28.9. The highest BCUT2D eigenvalue weighted by Crippen LogP contribution is 2.42. The van der Waals surface area contributed by atoms with Gasteiger partial charge in [0.25, 0.3) is 11.8 Å². The highest BCUT2D eigenvalue weighted by atomic mass is 35.5. The summed E-state index contributed by atoms with van der Waals surface area (Å²) in [6.45, 7) is 1.69. The summed E-state index contributed by atoms with van der Waals surface area (Å²) in [5.74, 6) is -1.09. The Morgan fingerprint density at radius 2 is 1.10 bits per heavy atom. The summed E-state index contributed by atoms with van der Waals surface area (Å²) in [5, 5.41) is 15.8. The van der Waals surface area contributed by atoms with Crippen LogP contribution in [-0.2, 0) is 20.2 Å². The van der Waals surface area contributed by atoms with Crippen molar-refractivity contribution in [3.63, 3.8) is 0 Å². The molecule has 8 aromatic rings. The Morgan fingerprint density at radius 3 is 1.47 bits per heavy atom. The first-order valence-corrected chi connectivity index (χ1v) is 23.4. The highest BCUT2D eigenvalue weighted by molar-refractivity contribution is 7.88. The number of rotatable bonds is 14. The van der Waals surface area contributed by atoms with Gasteiger partial charge < -0.3 is 24.4 Å². The molecule has 0 saturated heterocycles. The van der Waals surface area contributed by atoms with Crippen LogP contribution in [0.25, 0.3) is 54.1 Å². The number of carbonyl (C=O) groups excluding carboxylic acids is 2. The number of fused-ring (bicyclic) bond motifs is 6. The number of benzene rings is 2. The van der Waals surface area contributed by atoms with Crippen LogP contribution in [0.5, 0.6) is 0 Å². The minimum Gasteiger partial charge on any atom is -0.451 e. The van der Waals surface area contributed by atoms with Crippen LogP contribution < -0.4 is 10.6 Å². The van der Waals surface area contributed by atoms with Crippen molar-refractivity contribution in [2.75, 3.05) is 33.2 Å². The van der Waals surface area contributed by atoms with Crippen LogP contribution in [0.3, 0.4) is 0 Å². The summed E-state index contributed by atoms with van der Waals surface area (Å²) < 4.78 is 81.1. The molecule has 17 nitrogen and oxygen atoms in total. The van der Waals surface area contributed by atoms with Gasteiger partial charge in [0, 0.05) is 35.3 Å². The number of aromatic nitrogens is 4. The summed E-state index contributed by atoms with van der Waals surface area (Å²) in [7, 11) is -7.16. The van der Waals surface area contributed by atoms with Crippen molar-refractivity contribution in [2.24, 2.45) is 0 Å². The van der Waals surface area contributed by atoms with Crippen molar-refractivity contribution < 1.29 is 44.4 Å². The lowest BCUT2D eigenvalue weighted by Crippen LogP contribution is -2.31. The van der Waals surface area contributed by atoms with Crippen LogP contribution in [0.1, 0.15) is 33.8 Å². The van der Waals surface area contributed by atoms with Gasteiger partial charge >= 0.3 is 20.2 Å². The molecule has 6 aromatic heterocycles. The molecule has 25 heteroatoms. The van der Waals surface area contributed by atoms with Gasteiger partial charge in [0.2, 0.25) is 0 Å². The Bertz CT molecular complexity index is 3040. The van der Waals surface area contributed by atoms with Crippen molar-refractivity contribution in [2.45, 2.75) is 21.3 Å². The number of amides is 2. The molecule has 0 spiro atoms. The zero-order chi connectivity index (χ0) is 42.8. The van der Waals surface area contributed by atoms with Crippen LogP contribution in [0.15, 0.2) is 65.8 Å². The number of carbonyl (C=O) groups is 2. The molecule has 0 atom stereocenters. The second kappa shape index (κ2) is 16.2. The number of thiophene rings is 2. The number of hydrogen-bond donors (Lipinski definition) is 4. The van der Waals surface area contributed by atoms with Crippen LogP contribution in [0.4, 0.5) is 0 Å². The number of nitrogens with zero attached hydrogens (tertiary/aromatic N) is 5. The first kappa shape index (κ1) is 42.4. The van der Waals surface area contributed by atoms with Gasteiger partial charge in [-0.25, -0.2) is 9.36 Å². The lowest BCUT2D eigenvalue weighted by atomic mass is 10.3. The van der Waals surface area contributed by atoms with E-state index in [0.717, 1.165) is 22.7 Å². The molecule has 0 radical (unpaired) electrons. The molecule has 6 heterocycles. The maximum absolute atomic E-state index is 13.4. The predicted molar refractivity (Wildman–Crippen MR) is 229 cm³/mol. The first-order valence-electron chi connectivity index (χ1n) is 17.4. The molecule has 8 rings (SSSR count). The van der Waals surface area contributed by atoms with Crippen LogP contribution in [0, 0.1) is 0 Å². The molecule has 60 heavy (non-hydrogen) atoms. The fourth-order valence-corrected chi connectivity index (χ4v) is 10.9. The molecule has 0 bridgehead atoms. The third kappa shape index (κ3) is 8.11. The van der Waals surface area contributed by atoms with Gasteiger partial charge in [-0.3, -0.25) is 18.7 Å². The second-order valence-electron chi connectivity index (χ2n) is 13.3. The van der Waals surface area contributed by atoms with Crippen molar-refractivity contribution in [3.8, 4) is 11.4 Å². The van der Waals surface area contributed by atoms with Crippen LogP contribution in [0.2, 0.25) is 20.1 Å². The standard InChI is InChI=1S/C35H27Cl4N7O10S4/c1-44(10-2-8-40-34(47)26-30-28(32-22(55-30)14-24(57-32)59(49,50)51)45(42-26)20-6-4-16(36)12-18(20)38)11-3-9-41-35(48)27-31-29(33-23(56-31)15-25(58-33)60(52,53)54)46(43-27)21-7-5-17(37)13-19(21)39/h4-7,12-15H,2-3,8-11H2,1H3,(H,40,47)(H,41,48)(H,49,50,51)(H,52,53,54). The van der Waals surface area contributed by atoms with E-state index in [-0.39, 0.29) is 76.3 Å². The maximum atomic E-state index is 13.4. The molecule has 0 aliphatic heterocycles. The van der Waals surface area contributed by atoms with Crippen LogP contribution in [-0.4, -0.2) is 95.4 Å². The maximum Gasteiger partial charge on any atom is 0.304 e. The van der Waals surface area contributed by atoms with Gasteiger partial charge in [-0.2, -0.15) is 27.0 Å². The Hall–Kier alpha value is -4.26. The Labute approximate surface area is 366 Å². The van der Waals surface area contributed by atoms with E-state index in [1.54, 1.807) is 24.3 Å². The molecule has 0 aliphatic rings. The zero-order valence-electron chi connectivity index (χ0n) is 30.4. The minimum absolute atomic E-state index is 0.0625. The number of furan rings is 2. The van der Waals surface area contributed by atoms with Gasteiger partial charge in [0.05, 0.1) is 21.4 Å². The van der Waals surface area contributed by atoms with E-state index < -0.39 is 32.1 Å². The summed E-state index contributed by atoms with van der Waals surface area (Å²) in [6, 6.07) is 11.7. The highest BCUT2D eigenvalue weighted by Gasteiger charge is 2.30. The Balaban J connectivity index is 0.894. The van der Waals surface area contributed by atoms with E-state index in [0.29, 0.717) is 56.8 Å².